The second-order valence-corrected chi connectivity index (χ2v) is 15.7. The monoisotopic (exact) mass is 812 g/mol. The van der Waals surface area contributed by atoms with Crippen LogP contribution in [-0.4, -0.2) is 98.5 Å². The molecule has 1 aliphatic rings. The predicted octanol–water partition coefficient (Wildman–Crippen LogP) is 7.36. The molecule has 0 bridgehead atoms. The maximum atomic E-state index is 13.7. The van der Waals surface area contributed by atoms with E-state index in [4.69, 9.17) is 28.4 Å². The summed E-state index contributed by atoms with van der Waals surface area (Å²) in [5.74, 6) is 1.03. The van der Waals surface area contributed by atoms with E-state index in [0.29, 0.717) is 86.3 Å². The summed E-state index contributed by atoms with van der Waals surface area (Å²) in [5.41, 5.74) is 2.04. The van der Waals surface area contributed by atoms with Crippen molar-refractivity contribution in [3.63, 3.8) is 0 Å². The van der Waals surface area contributed by atoms with Crippen molar-refractivity contribution in [2.24, 2.45) is 0 Å². The Morgan fingerprint density at radius 3 is 2.02 bits per heavy atom. The van der Waals surface area contributed by atoms with E-state index in [0.717, 1.165) is 12.0 Å². The third kappa shape index (κ3) is 14.8. The van der Waals surface area contributed by atoms with Crippen LogP contribution in [0.2, 0.25) is 0 Å². The molecule has 314 valence electrons. The summed E-state index contributed by atoms with van der Waals surface area (Å²) in [7, 11) is 2.98. The third-order valence-electron chi connectivity index (χ3n) is 8.53. The molecule has 1 saturated heterocycles. The zero-order valence-corrected chi connectivity index (χ0v) is 35.3. The molecule has 2 aromatic rings. The first-order chi connectivity index (χ1) is 27.0. The van der Waals surface area contributed by atoms with Gasteiger partial charge in [0.15, 0.2) is 28.9 Å². The number of likely N-dealkylation sites (tertiary alicyclic amines) is 1. The lowest BCUT2D eigenvalue weighted by molar-refractivity contribution is 0.0635. The minimum atomic E-state index is -0.748. The Kier molecular flexibility index (Phi) is 17.9. The molecule has 2 aromatic carbocycles. The van der Waals surface area contributed by atoms with E-state index in [1.54, 1.807) is 49.9 Å². The van der Waals surface area contributed by atoms with E-state index >= 15 is 0 Å². The number of ether oxygens (including phenoxy) is 6. The second kappa shape index (κ2) is 22.1. The molecular weight excluding hydrogens is 753 g/mol. The van der Waals surface area contributed by atoms with Crippen LogP contribution in [0, 0.1) is 0 Å². The molecule has 1 aliphatic heterocycles. The van der Waals surface area contributed by atoms with Crippen LogP contribution >= 0.6 is 12.6 Å². The van der Waals surface area contributed by atoms with Crippen LogP contribution in [0.25, 0.3) is 0 Å². The number of anilines is 2. The van der Waals surface area contributed by atoms with Crippen molar-refractivity contribution >= 4 is 41.9 Å². The van der Waals surface area contributed by atoms with Crippen LogP contribution in [0.5, 0.6) is 23.0 Å². The summed E-state index contributed by atoms with van der Waals surface area (Å²) in [4.78, 5) is 41.5. The molecular formula is C42H60N4O10S. The van der Waals surface area contributed by atoms with Gasteiger partial charge in [-0.2, -0.15) is 12.6 Å². The lowest BCUT2D eigenvalue weighted by Crippen LogP contribution is -2.34. The molecule has 1 heterocycles. The normalized spacial score (nSPS) is 14.3. The number of carbonyl (C=O) groups is 3. The van der Waals surface area contributed by atoms with Crippen LogP contribution in [0.3, 0.4) is 0 Å². The van der Waals surface area contributed by atoms with Crippen molar-refractivity contribution in [3.05, 3.63) is 72.2 Å². The Morgan fingerprint density at radius 2 is 1.51 bits per heavy atom. The summed E-state index contributed by atoms with van der Waals surface area (Å²) < 4.78 is 34.6. The largest absolute Gasteiger partial charge is 0.493 e. The molecule has 2 atom stereocenters. The number of hydrogen-bond donors (Lipinski definition) is 5. The number of nitrogens with zero attached hydrogens (tertiary/aromatic N) is 1. The zero-order valence-electron chi connectivity index (χ0n) is 34.4. The number of aliphatic hydroxyl groups is 1. The molecule has 3 rings (SSSR count). The van der Waals surface area contributed by atoms with E-state index in [9.17, 15) is 19.5 Å². The first-order valence-corrected chi connectivity index (χ1v) is 19.5. The number of amides is 3. The van der Waals surface area contributed by atoms with E-state index in [1.165, 1.54) is 14.2 Å². The highest BCUT2D eigenvalue weighted by atomic mass is 32.1. The van der Waals surface area contributed by atoms with Gasteiger partial charge in [-0.1, -0.05) is 31.2 Å². The van der Waals surface area contributed by atoms with Crippen molar-refractivity contribution in [2.45, 2.75) is 83.6 Å². The smallest absolute Gasteiger partial charge is 0.412 e. The Labute approximate surface area is 342 Å². The maximum absolute atomic E-state index is 13.7. The van der Waals surface area contributed by atoms with Gasteiger partial charge in [0.05, 0.1) is 49.9 Å². The Bertz CT molecular complexity index is 1760. The number of thiol groups is 1. The van der Waals surface area contributed by atoms with E-state index in [2.05, 4.69) is 48.3 Å². The molecule has 4 N–H and O–H groups in total. The fraction of sp³-hybridized carbons (Fsp3) is 0.500. The van der Waals surface area contributed by atoms with E-state index < -0.39 is 17.6 Å². The molecule has 0 radical (unpaired) electrons. The first kappa shape index (κ1) is 46.4. The number of aliphatic hydroxyl groups excluding tert-OH is 1. The Hall–Kier alpha value is -5.02. The number of nitrogens with one attached hydrogen (secondary N) is 3. The minimum absolute atomic E-state index is 0.0360. The molecule has 0 aromatic heterocycles. The van der Waals surface area contributed by atoms with Crippen LogP contribution in [0.15, 0.2) is 61.0 Å². The van der Waals surface area contributed by atoms with E-state index in [1.807, 2.05) is 13.8 Å². The number of rotatable bonds is 22. The number of benzene rings is 2. The van der Waals surface area contributed by atoms with Gasteiger partial charge >= 0.3 is 6.09 Å². The fourth-order valence-electron chi connectivity index (χ4n) is 5.77. The standard InChI is InChI=1S/C42H60N4O10S/c1-26(14-15-47)23-43-39(48)31-19-35(51-9)37(21-33(31)44-30(5)55-25-29(4)57)53-16-12-11-13-17-54-38-22-34(45-41(50)56-42(6,7)8)32(20-36(38)52-10)40(49)46-24-27(2)18-28(46)3/h19-22,28-29,44,47,57H,1-2,5,11-18,23-25H2,3-4,6-10H3,(H,43,48)(H,45,50)/t28-,29-/m1/s1. The van der Waals surface area contributed by atoms with Crippen LogP contribution in [-0.2, 0) is 9.47 Å². The van der Waals surface area contributed by atoms with Gasteiger partial charge in [-0.05, 0) is 78.5 Å². The van der Waals surface area contributed by atoms with Crippen LogP contribution < -0.4 is 34.9 Å². The maximum Gasteiger partial charge on any atom is 0.412 e. The molecule has 0 saturated carbocycles. The molecule has 0 spiro atoms. The zero-order chi connectivity index (χ0) is 42.3. The summed E-state index contributed by atoms with van der Waals surface area (Å²) in [5, 5.41) is 17.8. The first-order valence-electron chi connectivity index (χ1n) is 19.0. The van der Waals surface area contributed by atoms with Gasteiger partial charge in [-0.25, -0.2) is 4.79 Å². The highest BCUT2D eigenvalue weighted by molar-refractivity contribution is 7.80. The lowest BCUT2D eigenvalue weighted by Gasteiger charge is -2.24. The average molecular weight is 813 g/mol. The van der Waals surface area contributed by atoms with Gasteiger partial charge < -0.3 is 49.1 Å². The number of carbonyl (C=O) groups excluding carboxylic acids is 3. The topological polar surface area (TPSA) is 166 Å². The highest BCUT2D eigenvalue weighted by Gasteiger charge is 2.31. The van der Waals surface area contributed by atoms with Crippen molar-refractivity contribution in [3.8, 4) is 23.0 Å². The van der Waals surface area contributed by atoms with Gasteiger partial charge in [0.25, 0.3) is 11.8 Å². The van der Waals surface area contributed by atoms with Gasteiger partial charge in [0.2, 0.25) is 0 Å². The highest BCUT2D eigenvalue weighted by Crippen LogP contribution is 2.37. The predicted molar refractivity (Wildman–Crippen MR) is 225 cm³/mol. The quantitative estimate of drug-likeness (QED) is 0.0349. The summed E-state index contributed by atoms with van der Waals surface area (Å²) >= 11 is 4.34. The second-order valence-electron chi connectivity index (χ2n) is 14.8. The Balaban J connectivity index is 1.69. The molecule has 15 heteroatoms. The van der Waals surface area contributed by atoms with Gasteiger partial charge in [-0.15, -0.1) is 0 Å². The van der Waals surface area contributed by atoms with Gasteiger partial charge in [-0.3, -0.25) is 14.9 Å². The van der Waals surface area contributed by atoms with E-state index in [-0.39, 0.29) is 53.0 Å². The van der Waals surface area contributed by atoms with Crippen molar-refractivity contribution < 1.29 is 47.9 Å². The summed E-state index contributed by atoms with van der Waals surface area (Å²) in [6.45, 7) is 22.5. The van der Waals surface area contributed by atoms with Crippen molar-refractivity contribution in [2.75, 3.05) is 64.4 Å². The molecule has 14 nitrogen and oxygen atoms in total. The molecule has 57 heavy (non-hydrogen) atoms. The molecule has 3 amide bonds. The van der Waals surface area contributed by atoms with Gasteiger partial charge in [0, 0.05) is 43.1 Å². The number of unbranched alkanes of at least 4 members (excludes halogenated alkanes) is 2. The van der Waals surface area contributed by atoms with Crippen LogP contribution in [0.1, 0.15) is 87.4 Å². The SMILES string of the molecule is C=C(CCO)CNC(=O)c1cc(OC)c(OCCCCCOc2cc(NC(=O)OC(C)(C)C)c(C(=O)N3CC(=C)C[C@H]3C)cc2OC)cc1NC(=C)OC[C@@H](C)S. The summed E-state index contributed by atoms with van der Waals surface area (Å²) in [6, 6.07) is 6.35. The fourth-order valence-corrected chi connectivity index (χ4v) is 5.84. The van der Waals surface area contributed by atoms with Crippen molar-refractivity contribution in [1.82, 2.24) is 10.2 Å². The van der Waals surface area contributed by atoms with Gasteiger partial charge in [0.1, 0.15) is 12.2 Å². The number of methoxy groups -OCH3 is 2. The number of hydrogen-bond acceptors (Lipinski definition) is 12. The Morgan fingerprint density at radius 1 is 0.930 bits per heavy atom. The third-order valence-corrected chi connectivity index (χ3v) is 8.68. The molecule has 1 fully saturated rings. The average Bonchev–Trinajstić information content (AvgIpc) is 3.48. The molecule has 0 aliphatic carbocycles. The molecule has 0 unspecified atom stereocenters. The summed E-state index contributed by atoms with van der Waals surface area (Å²) in [6.07, 6.45) is 2.42. The lowest BCUT2D eigenvalue weighted by atomic mass is 10.1. The minimum Gasteiger partial charge on any atom is -0.493 e. The van der Waals surface area contributed by atoms with Crippen LogP contribution in [0.4, 0.5) is 16.2 Å². The van der Waals surface area contributed by atoms with Crippen molar-refractivity contribution in [1.29, 1.82) is 0 Å².